The van der Waals surface area contributed by atoms with Crippen molar-refractivity contribution in [3.05, 3.63) is 40.5 Å². The molecule has 0 aliphatic heterocycles. The number of anilines is 1. The van der Waals surface area contributed by atoms with Crippen molar-refractivity contribution < 1.29 is 0 Å². The van der Waals surface area contributed by atoms with Crippen LogP contribution < -0.4 is 5.32 Å². The Labute approximate surface area is 118 Å². The van der Waals surface area contributed by atoms with Gasteiger partial charge in [0.15, 0.2) is 0 Å². The predicted molar refractivity (Wildman–Crippen MR) is 80.3 cm³/mol. The number of thiophene rings is 1. The summed E-state index contributed by atoms with van der Waals surface area (Å²) in [4.78, 5) is 11.0. The molecule has 2 aromatic heterocycles. The summed E-state index contributed by atoms with van der Waals surface area (Å²) >= 11 is 1.73. The van der Waals surface area contributed by atoms with Crippen LogP contribution in [0, 0.1) is 0 Å². The van der Waals surface area contributed by atoms with Gasteiger partial charge in [-0.25, -0.2) is 4.98 Å². The molecule has 2 rings (SSSR count). The van der Waals surface area contributed by atoms with Crippen molar-refractivity contribution in [3.63, 3.8) is 0 Å². The monoisotopic (exact) mass is 276 g/mol. The minimum atomic E-state index is 0.816. The average Bonchev–Trinajstić information content (AvgIpc) is 2.90. The average molecular weight is 276 g/mol. The summed E-state index contributed by atoms with van der Waals surface area (Å²) in [5.41, 5.74) is 2.35. The van der Waals surface area contributed by atoms with Crippen molar-refractivity contribution in [2.24, 2.45) is 0 Å². The minimum absolute atomic E-state index is 0.816. The molecular weight excluding hydrogens is 256 g/mol. The fraction of sp³-hybridized carbons (Fsp3) is 0.429. The van der Waals surface area contributed by atoms with E-state index in [1.807, 2.05) is 12.4 Å². The first kappa shape index (κ1) is 14.0. The minimum Gasteiger partial charge on any atom is -0.369 e. The molecular formula is C14H20N4S. The second kappa shape index (κ2) is 7.21. The van der Waals surface area contributed by atoms with Gasteiger partial charge in [-0.1, -0.05) is 6.92 Å². The summed E-state index contributed by atoms with van der Waals surface area (Å²) < 4.78 is 0. The second-order valence-electron chi connectivity index (χ2n) is 4.62. The van der Waals surface area contributed by atoms with Crippen LogP contribution in [0.3, 0.4) is 0 Å². The van der Waals surface area contributed by atoms with Gasteiger partial charge < -0.3 is 5.32 Å². The van der Waals surface area contributed by atoms with Crippen LogP contribution in [0.4, 0.5) is 5.82 Å². The van der Waals surface area contributed by atoms with Crippen LogP contribution in [0.25, 0.3) is 0 Å². The maximum absolute atomic E-state index is 4.44. The van der Waals surface area contributed by atoms with E-state index in [9.17, 15) is 0 Å². The first-order valence-corrected chi connectivity index (χ1v) is 7.46. The first-order chi connectivity index (χ1) is 9.28. The van der Waals surface area contributed by atoms with E-state index in [1.54, 1.807) is 11.3 Å². The normalized spacial score (nSPS) is 10.9. The Balaban J connectivity index is 1.84. The molecule has 0 aliphatic rings. The highest BCUT2D eigenvalue weighted by atomic mass is 32.1. The lowest BCUT2D eigenvalue weighted by Gasteiger charge is -2.15. The third-order valence-corrected chi connectivity index (χ3v) is 3.46. The van der Waals surface area contributed by atoms with Gasteiger partial charge in [0.2, 0.25) is 0 Å². The molecule has 0 aromatic carbocycles. The highest BCUT2D eigenvalue weighted by Crippen LogP contribution is 2.10. The van der Waals surface area contributed by atoms with E-state index in [-0.39, 0.29) is 0 Å². The van der Waals surface area contributed by atoms with Gasteiger partial charge in [-0.3, -0.25) is 9.88 Å². The van der Waals surface area contributed by atoms with Gasteiger partial charge in [-0.15, -0.1) is 0 Å². The van der Waals surface area contributed by atoms with E-state index in [4.69, 9.17) is 0 Å². The van der Waals surface area contributed by atoms with Gasteiger partial charge in [0.1, 0.15) is 5.82 Å². The first-order valence-electron chi connectivity index (χ1n) is 6.52. The number of hydrogen-bond donors (Lipinski definition) is 1. The molecule has 0 spiro atoms. The molecule has 0 fully saturated rings. The highest BCUT2D eigenvalue weighted by molar-refractivity contribution is 7.07. The molecule has 5 heteroatoms. The molecule has 0 saturated carbocycles. The van der Waals surface area contributed by atoms with Crippen molar-refractivity contribution in [2.75, 3.05) is 18.9 Å². The molecule has 19 heavy (non-hydrogen) atoms. The molecule has 2 heterocycles. The summed E-state index contributed by atoms with van der Waals surface area (Å²) in [5.74, 6) is 0.853. The Bertz CT molecular complexity index is 467. The maximum Gasteiger partial charge on any atom is 0.144 e. The van der Waals surface area contributed by atoms with E-state index >= 15 is 0 Å². The molecule has 1 N–H and O–H groups in total. The zero-order valence-corrected chi connectivity index (χ0v) is 12.3. The molecule has 0 amide bonds. The molecule has 0 saturated heterocycles. The number of nitrogens with one attached hydrogen (secondary N) is 1. The molecule has 0 radical (unpaired) electrons. The van der Waals surface area contributed by atoms with Crippen molar-refractivity contribution in [1.82, 2.24) is 14.9 Å². The van der Waals surface area contributed by atoms with Crippen LogP contribution in [-0.2, 0) is 13.1 Å². The third kappa shape index (κ3) is 4.61. The van der Waals surface area contributed by atoms with Crippen LogP contribution in [0.1, 0.15) is 24.6 Å². The lowest BCUT2D eigenvalue weighted by molar-refractivity contribution is 0.315. The van der Waals surface area contributed by atoms with E-state index in [2.05, 4.69) is 51.0 Å². The topological polar surface area (TPSA) is 41.1 Å². The van der Waals surface area contributed by atoms with Crippen LogP contribution in [0.2, 0.25) is 0 Å². The molecule has 0 bridgehead atoms. The Kier molecular flexibility index (Phi) is 5.30. The number of nitrogens with zero attached hydrogens (tertiary/aromatic N) is 3. The largest absolute Gasteiger partial charge is 0.369 e. The summed E-state index contributed by atoms with van der Waals surface area (Å²) in [6, 6.07) is 2.16. The van der Waals surface area contributed by atoms with Crippen molar-refractivity contribution >= 4 is 17.2 Å². The van der Waals surface area contributed by atoms with Gasteiger partial charge in [-0.05, 0) is 35.9 Å². The molecule has 4 nitrogen and oxygen atoms in total. The van der Waals surface area contributed by atoms with Crippen molar-refractivity contribution in [3.8, 4) is 0 Å². The fourth-order valence-corrected chi connectivity index (χ4v) is 2.47. The Hall–Kier alpha value is -1.46. The van der Waals surface area contributed by atoms with Crippen molar-refractivity contribution in [1.29, 1.82) is 0 Å². The Morgan fingerprint density at radius 1 is 1.26 bits per heavy atom. The zero-order valence-electron chi connectivity index (χ0n) is 11.5. The van der Waals surface area contributed by atoms with Gasteiger partial charge in [0.25, 0.3) is 0 Å². The van der Waals surface area contributed by atoms with E-state index < -0.39 is 0 Å². The van der Waals surface area contributed by atoms with Gasteiger partial charge in [0.05, 0.1) is 18.1 Å². The number of rotatable bonds is 7. The molecule has 0 unspecified atom stereocenters. The van der Waals surface area contributed by atoms with Gasteiger partial charge in [0, 0.05) is 19.6 Å². The standard InChI is InChI=1S/C14H20N4S/c1-3-5-15-14-8-16-13(7-17-14)10-18(2)9-12-4-6-19-11-12/h4,6-8,11H,3,5,9-10H2,1-2H3,(H,15,17). The van der Waals surface area contributed by atoms with Gasteiger partial charge in [-0.2, -0.15) is 11.3 Å². The van der Waals surface area contributed by atoms with E-state index in [1.165, 1.54) is 5.56 Å². The smallest absolute Gasteiger partial charge is 0.144 e. The zero-order chi connectivity index (χ0) is 13.5. The molecule has 0 aliphatic carbocycles. The van der Waals surface area contributed by atoms with E-state index in [0.29, 0.717) is 0 Å². The van der Waals surface area contributed by atoms with Crippen LogP contribution >= 0.6 is 11.3 Å². The molecule has 102 valence electrons. The van der Waals surface area contributed by atoms with Crippen LogP contribution in [0.5, 0.6) is 0 Å². The van der Waals surface area contributed by atoms with Crippen molar-refractivity contribution in [2.45, 2.75) is 26.4 Å². The van der Waals surface area contributed by atoms with Crippen LogP contribution in [-0.4, -0.2) is 28.5 Å². The second-order valence-corrected chi connectivity index (χ2v) is 5.40. The highest BCUT2D eigenvalue weighted by Gasteiger charge is 2.04. The lowest BCUT2D eigenvalue weighted by atomic mass is 10.3. The number of hydrogen-bond acceptors (Lipinski definition) is 5. The summed E-state index contributed by atoms with van der Waals surface area (Å²) in [5, 5.41) is 7.51. The number of aromatic nitrogens is 2. The molecule has 0 atom stereocenters. The third-order valence-electron chi connectivity index (χ3n) is 2.73. The lowest BCUT2D eigenvalue weighted by Crippen LogP contribution is -2.18. The summed E-state index contributed by atoms with van der Waals surface area (Å²) in [6.07, 6.45) is 4.75. The predicted octanol–water partition coefficient (Wildman–Crippen LogP) is 2.99. The van der Waals surface area contributed by atoms with E-state index in [0.717, 1.165) is 37.6 Å². The summed E-state index contributed by atoms with van der Waals surface area (Å²) in [6.45, 7) is 4.83. The quantitative estimate of drug-likeness (QED) is 0.844. The summed E-state index contributed by atoms with van der Waals surface area (Å²) in [7, 11) is 2.10. The maximum atomic E-state index is 4.44. The van der Waals surface area contributed by atoms with Gasteiger partial charge >= 0.3 is 0 Å². The fourth-order valence-electron chi connectivity index (χ4n) is 1.81. The van der Waals surface area contributed by atoms with Crippen LogP contribution in [0.15, 0.2) is 29.2 Å². The Morgan fingerprint density at radius 2 is 2.16 bits per heavy atom. The molecule has 2 aromatic rings. The SMILES string of the molecule is CCCNc1cnc(CN(C)Cc2ccsc2)cn1. The Morgan fingerprint density at radius 3 is 2.79 bits per heavy atom.